The Morgan fingerprint density at radius 3 is 2.73 bits per heavy atom. The minimum absolute atomic E-state index is 0.181. The first-order chi connectivity index (χ1) is 10.6. The molecule has 0 saturated carbocycles. The van der Waals surface area contributed by atoms with Crippen LogP contribution in [0.5, 0.6) is 0 Å². The number of thiazole rings is 1. The zero-order valence-corrected chi connectivity index (χ0v) is 12.8. The zero-order chi connectivity index (χ0) is 15.9. The minimum atomic E-state index is -0.509. The second kappa shape index (κ2) is 7.65. The predicted molar refractivity (Wildman–Crippen MR) is 81.4 cm³/mol. The van der Waals surface area contributed by atoms with Crippen molar-refractivity contribution >= 4 is 28.3 Å². The van der Waals surface area contributed by atoms with Crippen molar-refractivity contribution in [1.82, 2.24) is 4.98 Å². The van der Waals surface area contributed by atoms with Crippen LogP contribution >= 0.6 is 11.3 Å². The third-order valence-electron chi connectivity index (χ3n) is 2.79. The number of aromatic nitrogens is 1. The quantitative estimate of drug-likeness (QED) is 0.830. The summed E-state index contributed by atoms with van der Waals surface area (Å²) >= 11 is 1.16. The van der Waals surface area contributed by atoms with Gasteiger partial charge in [0, 0.05) is 11.8 Å². The number of nitrogens with zero attached hydrogens (tertiary/aromatic N) is 1. The van der Waals surface area contributed by atoms with Crippen LogP contribution in [-0.4, -0.2) is 23.5 Å². The molecule has 0 aliphatic heterocycles. The molecule has 7 heteroatoms. The molecule has 1 amide bonds. The number of nitrogens with one attached hydrogen (secondary N) is 1. The van der Waals surface area contributed by atoms with Crippen molar-refractivity contribution in [2.45, 2.75) is 19.8 Å². The molecule has 2 aromatic rings. The van der Waals surface area contributed by atoms with E-state index in [0.717, 1.165) is 16.9 Å². The van der Waals surface area contributed by atoms with Gasteiger partial charge in [-0.25, -0.2) is 14.2 Å². The lowest BCUT2D eigenvalue weighted by Crippen LogP contribution is -2.12. The van der Waals surface area contributed by atoms with Crippen LogP contribution in [0.25, 0.3) is 0 Å². The molecular weight excluding hydrogens is 307 g/mol. The van der Waals surface area contributed by atoms with Crippen molar-refractivity contribution < 1.29 is 18.7 Å². The van der Waals surface area contributed by atoms with Crippen LogP contribution in [0, 0.1) is 5.82 Å². The van der Waals surface area contributed by atoms with Gasteiger partial charge in [-0.1, -0.05) is 12.1 Å². The summed E-state index contributed by atoms with van der Waals surface area (Å²) < 4.78 is 17.6. The molecule has 0 fully saturated rings. The number of rotatable bonds is 6. The number of hydrogen-bond donors (Lipinski definition) is 1. The standard InChI is InChI=1S/C15H15FN2O3S/c1-2-21-14(20)12-9-22-15(17-12)18-13(19)8-5-10-3-6-11(16)7-4-10/h3-4,6-7,9H,2,5,8H2,1H3,(H,17,18,19). The molecule has 1 N–H and O–H groups in total. The number of halogens is 1. The van der Waals surface area contributed by atoms with Gasteiger partial charge in [-0.3, -0.25) is 4.79 Å². The fraction of sp³-hybridized carbons (Fsp3) is 0.267. The molecule has 0 saturated heterocycles. The molecule has 0 unspecified atom stereocenters. The van der Waals surface area contributed by atoms with Crippen LogP contribution in [0.1, 0.15) is 29.4 Å². The normalized spacial score (nSPS) is 10.3. The van der Waals surface area contributed by atoms with E-state index in [4.69, 9.17) is 4.74 Å². The van der Waals surface area contributed by atoms with E-state index in [-0.39, 0.29) is 30.4 Å². The van der Waals surface area contributed by atoms with Gasteiger partial charge in [0.2, 0.25) is 5.91 Å². The Kier molecular flexibility index (Phi) is 5.60. The average Bonchev–Trinajstić information content (AvgIpc) is 2.95. The van der Waals surface area contributed by atoms with Gasteiger partial charge in [-0.05, 0) is 31.0 Å². The lowest BCUT2D eigenvalue weighted by Gasteiger charge is -2.02. The van der Waals surface area contributed by atoms with Gasteiger partial charge in [-0.15, -0.1) is 11.3 Å². The van der Waals surface area contributed by atoms with Crippen molar-refractivity contribution in [2.24, 2.45) is 0 Å². The van der Waals surface area contributed by atoms with Crippen LogP contribution < -0.4 is 5.32 Å². The zero-order valence-electron chi connectivity index (χ0n) is 12.0. The molecule has 1 heterocycles. The maximum atomic E-state index is 12.8. The summed E-state index contributed by atoms with van der Waals surface area (Å²) in [6.07, 6.45) is 0.752. The van der Waals surface area contributed by atoms with Gasteiger partial charge >= 0.3 is 5.97 Å². The largest absolute Gasteiger partial charge is 0.461 e. The fourth-order valence-corrected chi connectivity index (χ4v) is 2.42. The van der Waals surface area contributed by atoms with Crippen molar-refractivity contribution in [3.05, 3.63) is 46.7 Å². The van der Waals surface area contributed by atoms with Crippen LogP contribution in [0.3, 0.4) is 0 Å². The SMILES string of the molecule is CCOC(=O)c1csc(NC(=O)CCc2ccc(F)cc2)n1. The van der Waals surface area contributed by atoms with Crippen LogP contribution in [-0.2, 0) is 16.0 Å². The maximum Gasteiger partial charge on any atom is 0.357 e. The van der Waals surface area contributed by atoms with Gasteiger partial charge in [0.1, 0.15) is 5.82 Å². The van der Waals surface area contributed by atoms with E-state index < -0.39 is 5.97 Å². The first kappa shape index (κ1) is 16.1. The number of esters is 1. The van der Waals surface area contributed by atoms with Crippen molar-refractivity contribution in [1.29, 1.82) is 0 Å². The van der Waals surface area contributed by atoms with Gasteiger partial charge in [0.15, 0.2) is 10.8 Å². The average molecular weight is 322 g/mol. The molecule has 0 bridgehead atoms. The molecule has 116 valence electrons. The van der Waals surface area contributed by atoms with Crippen molar-refractivity contribution in [3.63, 3.8) is 0 Å². The number of hydrogen-bond acceptors (Lipinski definition) is 5. The summed E-state index contributed by atoms with van der Waals surface area (Å²) in [6.45, 7) is 1.98. The molecule has 2 rings (SSSR count). The van der Waals surface area contributed by atoms with Crippen molar-refractivity contribution in [2.75, 3.05) is 11.9 Å². The summed E-state index contributed by atoms with van der Waals surface area (Å²) in [7, 11) is 0. The summed E-state index contributed by atoms with van der Waals surface area (Å²) in [6, 6.07) is 6.01. The number of carbonyl (C=O) groups excluding carboxylic acids is 2. The number of benzene rings is 1. The Bertz CT molecular complexity index is 655. The molecule has 0 atom stereocenters. The van der Waals surface area contributed by atoms with E-state index in [2.05, 4.69) is 10.3 Å². The summed E-state index contributed by atoms with van der Waals surface area (Å²) in [5.74, 6) is -1.03. The first-order valence-electron chi connectivity index (χ1n) is 6.75. The predicted octanol–water partition coefficient (Wildman–Crippen LogP) is 3.03. The monoisotopic (exact) mass is 322 g/mol. The highest BCUT2D eigenvalue weighted by molar-refractivity contribution is 7.14. The third-order valence-corrected chi connectivity index (χ3v) is 3.55. The number of anilines is 1. The minimum Gasteiger partial charge on any atom is -0.461 e. The van der Waals surface area contributed by atoms with Gasteiger partial charge in [0.25, 0.3) is 0 Å². The highest BCUT2D eigenvalue weighted by atomic mass is 32.1. The van der Waals surface area contributed by atoms with E-state index in [9.17, 15) is 14.0 Å². The maximum absolute atomic E-state index is 12.8. The number of ether oxygens (including phenoxy) is 1. The number of amides is 1. The van der Waals surface area contributed by atoms with Crippen LogP contribution in [0.15, 0.2) is 29.6 Å². The molecule has 0 spiro atoms. The van der Waals surface area contributed by atoms with Gasteiger partial charge in [-0.2, -0.15) is 0 Å². The van der Waals surface area contributed by atoms with Gasteiger partial charge < -0.3 is 10.1 Å². The van der Waals surface area contributed by atoms with E-state index in [0.29, 0.717) is 11.6 Å². The Balaban J connectivity index is 1.84. The topological polar surface area (TPSA) is 68.3 Å². The molecule has 0 radical (unpaired) electrons. The molecule has 5 nitrogen and oxygen atoms in total. The van der Waals surface area contributed by atoms with Gasteiger partial charge in [0.05, 0.1) is 6.61 Å². The highest BCUT2D eigenvalue weighted by Crippen LogP contribution is 2.16. The Morgan fingerprint density at radius 1 is 1.32 bits per heavy atom. The van der Waals surface area contributed by atoms with E-state index >= 15 is 0 Å². The Hall–Kier alpha value is -2.28. The van der Waals surface area contributed by atoms with Crippen LogP contribution in [0.4, 0.5) is 9.52 Å². The second-order valence-electron chi connectivity index (χ2n) is 4.43. The lowest BCUT2D eigenvalue weighted by atomic mass is 10.1. The fourth-order valence-electron chi connectivity index (χ4n) is 1.72. The molecule has 0 aliphatic carbocycles. The Labute approximate surface area is 131 Å². The third kappa shape index (κ3) is 4.63. The van der Waals surface area contributed by atoms with Crippen molar-refractivity contribution in [3.8, 4) is 0 Å². The molecule has 0 aliphatic rings. The summed E-state index contributed by atoms with van der Waals surface area (Å²) in [4.78, 5) is 27.3. The molecule has 1 aromatic heterocycles. The highest BCUT2D eigenvalue weighted by Gasteiger charge is 2.13. The Morgan fingerprint density at radius 2 is 2.05 bits per heavy atom. The van der Waals surface area contributed by atoms with Crippen LogP contribution in [0.2, 0.25) is 0 Å². The number of carbonyl (C=O) groups is 2. The second-order valence-corrected chi connectivity index (χ2v) is 5.29. The van der Waals surface area contributed by atoms with E-state index in [1.54, 1.807) is 19.1 Å². The van der Waals surface area contributed by atoms with E-state index in [1.807, 2.05) is 0 Å². The first-order valence-corrected chi connectivity index (χ1v) is 7.63. The van der Waals surface area contributed by atoms with E-state index in [1.165, 1.54) is 17.5 Å². The number of aryl methyl sites for hydroxylation is 1. The smallest absolute Gasteiger partial charge is 0.357 e. The molecule has 22 heavy (non-hydrogen) atoms. The molecule has 1 aromatic carbocycles. The summed E-state index contributed by atoms with van der Waals surface area (Å²) in [5.41, 5.74) is 1.06. The lowest BCUT2D eigenvalue weighted by molar-refractivity contribution is -0.116. The molecular formula is C15H15FN2O3S. The summed E-state index contributed by atoms with van der Waals surface area (Å²) in [5, 5.41) is 4.52.